The molecule has 220 valence electrons. The van der Waals surface area contributed by atoms with Crippen molar-refractivity contribution in [1.29, 1.82) is 5.26 Å². The van der Waals surface area contributed by atoms with Crippen LogP contribution in [0.5, 0.6) is 17.2 Å². The number of methoxy groups -OCH3 is 1. The molecule has 0 saturated carbocycles. The van der Waals surface area contributed by atoms with E-state index in [4.69, 9.17) is 25.8 Å². The highest BCUT2D eigenvalue weighted by Crippen LogP contribution is 2.36. The number of fused-ring (bicyclic) bond motifs is 1. The molecule has 44 heavy (non-hydrogen) atoms. The van der Waals surface area contributed by atoms with Gasteiger partial charge in [0.25, 0.3) is 5.91 Å². The third-order valence-corrected chi connectivity index (χ3v) is 8.20. The van der Waals surface area contributed by atoms with Crippen LogP contribution in [0.25, 0.3) is 16.8 Å². The Morgan fingerprint density at radius 2 is 1.70 bits per heavy atom. The predicted molar refractivity (Wildman–Crippen MR) is 183 cm³/mol. The van der Waals surface area contributed by atoms with Crippen LogP contribution in [-0.2, 0) is 18.0 Å². The summed E-state index contributed by atoms with van der Waals surface area (Å²) in [6, 6.07) is 32.4. The highest BCUT2D eigenvalue weighted by molar-refractivity contribution is 14.1. The summed E-state index contributed by atoms with van der Waals surface area (Å²) in [5.41, 5.74) is 4.23. The van der Waals surface area contributed by atoms with Gasteiger partial charge in [0.1, 0.15) is 30.6 Å². The van der Waals surface area contributed by atoms with Crippen LogP contribution in [0, 0.1) is 21.8 Å². The largest absolute Gasteiger partial charge is 0.493 e. The van der Waals surface area contributed by atoms with E-state index in [1.807, 2.05) is 48.5 Å². The predicted octanol–water partition coefficient (Wildman–Crippen LogP) is 9.12. The minimum atomic E-state index is -0.530. The summed E-state index contributed by atoms with van der Waals surface area (Å²) in [5, 5.41) is 15.5. The maximum atomic E-state index is 13.0. The molecule has 5 aromatic carbocycles. The van der Waals surface area contributed by atoms with Crippen molar-refractivity contribution >= 4 is 62.6 Å². The first-order chi connectivity index (χ1) is 21.4. The Morgan fingerprint density at radius 1 is 0.955 bits per heavy atom. The first-order valence-electron chi connectivity index (χ1n) is 13.7. The van der Waals surface area contributed by atoms with Crippen LogP contribution in [0.3, 0.4) is 0 Å². The summed E-state index contributed by atoms with van der Waals surface area (Å²) in [7, 11) is 1.56. The molecule has 0 fully saturated rings. The molecule has 0 aliphatic carbocycles. The zero-order chi connectivity index (χ0) is 31.1. The van der Waals surface area contributed by atoms with E-state index in [2.05, 4.69) is 59.1 Å². The molecule has 5 rings (SSSR count). The molecule has 1 amide bonds. The molecule has 0 spiro atoms. The minimum absolute atomic E-state index is 0.0538. The van der Waals surface area contributed by atoms with Crippen LogP contribution in [0.2, 0.25) is 5.02 Å². The highest BCUT2D eigenvalue weighted by atomic mass is 127. The van der Waals surface area contributed by atoms with Gasteiger partial charge in [0, 0.05) is 21.8 Å². The number of carbonyl (C=O) groups excluding carboxylic acids is 1. The number of nitrogens with one attached hydrogen (secondary N) is 1. The Hall–Kier alpha value is -4.52. The topological polar surface area (TPSA) is 80.6 Å². The summed E-state index contributed by atoms with van der Waals surface area (Å²) in [4.78, 5) is 13.0. The summed E-state index contributed by atoms with van der Waals surface area (Å²) in [6.45, 7) is 2.76. The van der Waals surface area contributed by atoms with E-state index in [1.165, 1.54) is 6.08 Å². The van der Waals surface area contributed by atoms with E-state index >= 15 is 0 Å². The molecule has 0 radical (unpaired) electrons. The Bertz CT molecular complexity index is 1900. The van der Waals surface area contributed by atoms with E-state index in [-0.39, 0.29) is 5.57 Å². The molecule has 1 N–H and O–H groups in total. The highest BCUT2D eigenvalue weighted by Gasteiger charge is 2.16. The molecule has 0 bridgehead atoms. The maximum absolute atomic E-state index is 13.0. The van der Waals surface area contributed by atoms with Gasteiger partial charge in [0.05, 0.1) is 10.7 Å². The van der Waals surface area contributed by atoms with Gasteiger partial charge in [-0.15, -0.1) is 0 Å². The van der Waals surface area contributed by atoms with Gasteiger partial charge in [-0.1, -0.05) is 66.2 Å². The van der Waals surface area contributed by atoms with Gasteiger partial charge in [-0.25, -0.2) is 0 Å². The van der Waals surface area contributed by atoms with E-state index in [0.717, 1.165) is 31.0 Å². The van der Waals surface area contributed by atoms with Gasteiger partial charge < -0.3 is 19.5 Å². The lowest BCUT2D eigenvalue weighted by Gasteiger charge is -2.16. The number of hydrogen-bond donors (Lipinski definition) is 1. The number of nitriles is 1. The third-order valence-electron chi connectivity index (χ3n) is 7.03. The smallest absolute Gasteiger partial charge is 0.266 e. The van der Waals surface area contributed by atoms with Crippen LogP contribution in [0.15, 0.2) is 103 Å². The van der Waals surface area contributed by atoms with Crippen molar-refractivity contribution in [2.45, 2.75) is 20.1 Å². The standard InChI is InChI=1S/C36H28ClIN2O4/c1-23-11-12-25-7-3-5-9-30(25)31(23)22-44-35-33(38)18-24(19-34(35)42-2)17-27(20-39)36(41)40-28-13-15-29(16-14-28)43-21-26-8-4-6-10-32(26)37/h3-19H,21-22H2,1-2H3,(H,40,41)/b27-17+. The Kier molecular flexibility index (Phi) is 10.1. The first kappa shape index (κ1) is 30.9. The first-order valence-corrected chi connectivity index (χ1v) is 15.2. The van der Waals surface area contributed by atoms with Crippen molar-refractivity contribution in [3.63, 3.8) is 0 Å². The van der Waals surface area contributed by atoms with Crippen LogP contribution in [0.1, 0.15) is 22.3 Å². The summed E-state index contributed by atoms with van der Waals surface area (Å²) in [6.07, 6.45) is 1.53. The number of nitrogens with zero attached hydrogens (tertiary/aromatic N) is 1. The molecule has 8 heteroatoms. The second kappa shape index (κ2) is 14.3. The Morgan fingerprint density at radius 3 is 2.45 bits per heavy atom. The van der Waals surface area contributed by atoms with E-state index in [0.29, 0.717) is 46.7 Å². The van der Waals surface area contributed by atoms with Crippen molar-refractivity contribution in [2.75, 3.05) is 12.4 Å². The summed E-state index contributed by atoms with van der Waals surface area (Å²) < 4.78 is 18.5. The maximum Gasteiger partial charge on any atom is 0.266 e. The SMILES string of the molecule is COc1cc(/C=C(\C#N)C(=O)Nc2ccc(OCc3ccccc3Cl)cc2)cc(I)c1OCc1c(C)ccc2ccccc12. The second-order valence-corrected chi connectivity index (χ2v) is 11.5. The summed E-state index contributed by atoms with van der Waals surface area (Å²) in [5.74, 6) is 1.19. The zero-order valence-corrected chi connectivity index (χ0v) is 27.0. The Labute approximate surface area is 275 Å². The number of aryl methyl sites for hydroxylation is 1. The van der Waals surface area contributed by atoms with Gasteiger partial charge in [-0.3, -0.25) is 4.79 Å². The van der Waals surface area contributed by atoms with Gasteiger partial charge in [-0.2, -0.15) is 5.26 Å². The molecular weight excluding hydrogens is 687 g/mol. The third kappa shape index (κ3) is 7.33. The molecule has 0 aliphatic heterocycles. The van der Waals surface area contributed by atoms with Crippen molar-refractivity contribution in [3.05, 3.63) is 133 Å². The zero-order valence-electron chi connectivity index (χ0n) is 24.1. The monoisotopic (exact) mass is 714 g/mol. The molecule has 0 aromatic heterocycles. The average molecular weight is 715 g/mol. The molecule has 0 heterocycles. The number of ether oxygens (including phenoxy) is 3. The fraction of sp³-hybridized carbons (Fsp3) is 0.111. The molecule has 0 saturated heterocycles. The molecular formula is C36H28ClIN2O4. The number of halogens is 2. The van der Waals surface area contributed by atoms with Crippen LogP contribution < -0.4 is 19.5 Å². The van der Waals surface area contributed by atoms with E-state index in [9.17, 15) is 10.1 Å². The minimum Gasteiger partial charge on any atom is -0.493 e. The molecule has 0 atom stereocenters. The van der Waals surface area contributed by atoms with Gasteiger partial charge in [-0.05, 0) is 100.0 Å². The van der Waals surface area contributed by atoms with Crippen LogP contribution in [-0.4, -0.2) is 13.0 Å². The van der Waals surface area contributed by atoms with Crippen molar-refractivity contribution in [2.24, 2.45) is 0 Å². The number of rotatable bonds is 10. The van der Waals surface area contributed by atoms with Gasteiger partial charge >= 0.3 is 0 Å². The molecule has 0 aliphatic rings. The van der Waals surface area contributed by atoms with Gasteiger partial charge in [0.2, 0.25) is 0 Å². The second-order valence-electron chi connectivity index (χ2n) is 9.93. The molecule has 5 aromatic rings. The number of benzene rings is 5. The number of anilines is 1. The van der Waals surface area contributed by atoms with Crippen molar-refractivity contribution in [3.8, 4) is 23.3 Å². The molecule has 6 nitrogen and oxygen atoms in total. The van der Waals surface area contributed by atoms with Gasteiger partial charge in [0.15, 0.2) is 11.5 Å². The van der Waals surface area contributed by atoms with Crippen molar-refractivity contribution in [1.82, 2.24) is 0 Å². The lowest BCUT2D eigenvalue weighted by atomic mass is 10.0. The lowest BCUT2D eigenvalue weighted by Crippen LogP contribution is -2.13. The number of carbonyl (C=O) groups is 1. The van der Waals surface area contributed by atoms with E-state index < -0.39 is 5.91 Å². The number of amides is 1. The van der Waals surface area contributed by atoms with Crippen LogP contribution >= 0.6 is 34.2 Å². The molecule has 0 unspecified atom stereocenters. The summed E-state index contributed by atoms with van der Waals surface area (Å²) >= 11 is 8.37. The fourth-order valence-electron chi connectivity index (χ4n) is 4.67. The van der Waals surface area contributed by atoms with E-state index in [1.54, 1.807) is 37.4 Å². The fourth-order valence-corrected chi connectivity index (χ4v) is 5.64. The average Bonchev–Trinajstić information content (AvgIpc) is 3.03. The Balaban J connectivity index is 1.27. The normalized spacial score (nSPS) is 11.1. The van der Waals surface area contributed by atoms with Crippen molar-refractivity contribution < 1.29 is 19.0 Å². The number of hydrogen-bond acceptors (Lipinski definition) is 5. The van der Waals surface area contributed by atoms with Crippen LogP contribution in [0.4, 0.5) is 5.69 Å². The lowest BCUT2D eigenvalue weighted by molar-refractivity contribution is -0.112. The quantitative estimate of drug-likeness (QED) is 0.0887.